The number of hydrogen-bond acceptors (Lipinski definition) is 2. The fraction of sp³-hybridized carbons (Fsp3) is 0.462. The van der Waals surface area contributed by atoms with Gasteiger partial charge in [-0.1, -0.05) is 15.9 Å². The van der Waals surface area contributed by atoms with E-state index in [2.05, 4.69) is 26.6 Å². The summed E-state index contributed by atoms with van der Waals surface area (Å²) in [4.78, 5) is 11.8. The number of benzene rings is 1. The van der Waals surface area contributed by atoms with Crippen LogP contribution in [0, 0.1) is 11.7 Å². The zero-order chi connectivity index (χ0) is 13.0. The van der Waals surface area contributed by atoms with Crippen LogP contribution in [0.25, 0.3) is 0 Å². The third-order valence-electron chi connectivity index (χ3n) is 3.13. The Morgan fingerprint density at radius 3 is 3.00 bits per heavy atom. The van der Waals surface area contributed by atoms with Crippen molar-refractivity contribution in [1.82, 2.24) is 10.6 Å². The Kier molecular flexibility index (Phi) is 4.72. The Bertz CT molecular complexity index is 413. The largest absolute Gasteiger partial charge is 0.352 e. The first-order chi connectivity index (χ1) is 8.65. The van der Waals surface area contributed by atoms with Crippen LogP contribution in [0.15, 0.2) is 22.7 Å². The van der Waals surface area contributed by atoms with Crippen molar-refractivity contribution in [3.05, 3.63) is 34.1 Å². The lowest BCUT2D eigenvalue weighted by atomic mass is 10.1. The average Bonchev–Trinajstić information content (AvgIpc) is 2.80. The maximum Gasteiger partial charge on any atom is 0.251 e. The molecular formula is C13H16BrFN2O. The van der Waals surface area contributed by atoms with Crippen LogP contribution in [-0.2, 0) is 0 Å². The van der Waals surface area contributed by atoms with Gasteiger partial charge >= 0.3 is 0 Å². The molecule has 1 aliphatic heterocycles. The molecule has 1 aromatic rings. The van der Waals surface area contributed by atoms with E-state index < -0.39 is 5.82 Å². The summed E-state index contributed by atoms with van der Waals surface area (Å²) in [7, 11) is 0. The first-order valence-electron chi connectivity index (χ1n) is 6.10. The zero-order valence-corrected chi connectivity index (χ0v) is 11.6. The summed E-state index contributed by atoms with van der Waals surface area (Å²) in [6, 6.07) is 4.20. The normalized spacial score (nSPS) is 18.9. The summed E-state index contributed by atoms with van der Waals surface area (Å²) in [5.41, 5.74) is 0.353. The highest BCUT2D eigenvalue weighted by Crippen LogP contribution is 2.15. The van der Waals surface area contributed by atoms with Crippen LogP contribution in [0.3, 0.4) is 0 Å². The lowest BCUT2D eigenvalue weighted by molar-refractivity contribution is 0.0951. The van der Waals surface area contributed by atoms with Gasteiger partial charge in [0.05, 0.1) is 0 Å². The van der Waals surface area contributed by atoms with E-state index in [1.807, 2.05) is 0 Å². The maximum absolute atomic E-state index is 13.1. The molecule has 5 heteroatoms. The molecule has 1 atom stereocenters. The predicted molar refractivity (Wildman–Crippen MR) is 72.0 cm³/mol. The molecule has 18 heavy (non-hydrogen) atoms. The summed E-state index contributed by atoms with van der Waals surface area (Å²) in [5.74, 6) is 0.0141. The van der Waals surface area contributed by atoms with Crippen molar-refractivity contribution in [2.45, 2.75) is 12.8 Å². The van der Waals surface area contributed by atoms with Crippen LogP contribution >= 0.6 is 15.9 Å². The van der Waals surface area contributed by atoms with Gasteiger partial charge in [0.15, 0.2) is 0 Å². The second kappa shape index (κ2) is 6.29. The van der Waals surface area contributed by atoms with Gasteiger partial charge in [0.25, 0.3) is 5.91 Å². The number of hydrogen-bond donors (Lipinski definition) is 2. The van der Waals surface area contributed by atoms with Crippen LogP contribution in [0.1, 0.15) is 23.2 Å². The Labute approximate surface area is 114 Å². The van der Waals surface area contributed by atoms with Crippen molar-refractivity contribution in [3.8, 4) is 0 Å². The number of nitrogens with one attached hydrogen (secondary N) is 2. The Balaban J connectivity index is 1.83. The molecule has 2 N–H and O–H groups in total. The van der Waals surface area contributed by atoms with Gasteiger partial charge in [-0.3, -0.25) is 4.79 Å². The van der Waals surface area contributed by atoms with E-state index in [0.717, 1.165) is 19.5 Å². The van der Waals surface area contributed by atoms with Crippen LogP contribution in [0.2, 0.25) is 0 Å². The van der Waals surface area contributed by atoms with E-state index in [1.165, 1.54) is 18.6 Å². The van der Waals surface area contributed by atoms with E-state index in [4.69, 9.17) is 0 Å². The summed E-state index contributed by atoms with van der Waals surface area (Å²) in [5, 5.41) is 6.11. The molecule has 0 radical (unpaired) electrons. The first kappa shape index (κ1) is 13.5. The van der Waals surface area contributed by atoms with Crippen molar-refractivity contribution >= 4 is 21.8 Å². The molecule has 98 valence electrons. The second-order valence-electron chi connectivity index (χ2n) is 4.56. The summed E-state index contributed by atoms with van der Waals surface area (Å²) in [6.45, 7) is 2.73. The van der Waals surface area contributed by atoms with Gasteiger partial charge in [-0.25, -0.2) is 4.39 Å². The highest BCUT2D eigenvalue weighted by atomic mass is 79.9. The number of carbonyl (C=O) groups excluding carboxylic acids is 1. The fourth-order valence-corrected chi connectivity index (χ4v) is 2.60. The Morgan fingerprint density at radius 1 is 1.50 bits per heavy atom. The minimum atomic E-state index is -0.408. The van der Waals surface area contributed by atoms with Crippen molar-refractivity contribution in [1.29, 1.82) is 0 Å². The molecule has 0 aliphatic carbocycles. The average molecular weight is 315 g/mol. The third kappa shape index (κ3) is 3.78. The van der Waals surface area contributed by atoms with Crippen molar-refractivity contribution in [2.24, 2.45) is 5.92 Å². The Hall–Kier alpha value is -0.940. The monoisotopic (exact) mass is 314 g/mol. The molecule has 1 amide bonds. The summed E-state index contributed by atoms with van der Waals surface area (Å²) < 4.78 is 13.7. The minimum Gasteiger partial charge on any atom is -0.352 e. The van der Waals surface area contributed by atoms with E-state index in [-0.39, 0.29) is 5.91 Å². The number of rotatable bonds is 4. The number of amides is 1. The zero-order valence-electron chi connectivity index (χ0n) is 10.0. The van der Waals surface area contributed by atoms with Gasteiger partial charge in [-0.2, -0.15) is 0 Å². The molecule has 1 unspecified atom stereocenters. The molecule has 1 fully saturated rings. The number of halogens is 2. The summed E-state index contributed by atoms with van der Waals surface area (Å²) >= 11 is 3.18. The molecule has 1 aliphatic rings. The van der Waals surface area contributed by atoms with Crippen LogP contribution in [-0.4, -0.2) is 25.5 Å². The molecule has 2 rings (SSSR count). The van der Waals surface area contributed by atoms with Gasteiger partial charge in [-0.15, -0.1) is 0 Å². The van der Waals surface area contributed by atoms with E-state index >= 15 is 0 Å². The van der Waals surface area contributed by atoms with Gasteiger partial charge < -0.3 is 10.6 Å². The van der Waals surface area contributed by atoms with Crippen LogP contribution in [0.4, 0.5) is 4.39 Å². The fourth-order valence-electron chi connectivity index (χ4n) is 2.14. The highest BCUT2D eigenvalue weighted by molar-refractivity contribution is 9.10. The topological polar surface area (TPSA) is 41.1 Å². The number of carbonyl (C=O) groups is 1. The minimum absolute atomic E-state index is 0.221. The molecule has 1 saturated heterocycles. The molecule has 3 nitrogen and oxygen atoms in total. The quantitative estimate of drug-likeness (QED) is 0.895. The van der Waals surface area contributed by atoms with E-state index in [0.29, 0.717) is 22.5 Å². The molecule has 0 bridgehead atoms. The van der Waals surface area contributed by atoms with Gasteiger partial charge in [0.1, 0.15) is 5.82 Å². The van der Waals surface area contributed by atoms with Gasteiger partial charge in [0, 0.05) is 16.6 Å². The molecule has 1 heterocycles. The maximum atomic E-state index is 13.1. The third-order valence-corrected chi connectivity index (χ3v) is 3.58. The molecular weight excluding hydrogens is 299 g/mol. The van der Waals surface area contributed by atoms with Crippen LogP contribution in [0.5, 0.6) is 0 Å². The van der Waals surface area contributed by atoms with Crippen molar-refractivity contribution < 1.29 is 9.18 Å². The molecule has 1 aromatic carbocycles. The SMILES string of the molecule is O=C(NCCC1CCNC1)c1cc(F)cc(Br)c1. The second-order valence-corrected chi connectivity index (χ2v) is 5.48. The van der Waals surface area contributed by atoms with E-state index in [1.54, 1.807) is 6.07 Å². The predicted octanol–water partition coefficient (Wildman–Crippen LogP) is 2.32. The molecule has 0 aromatic heterocycles. The van der Waals surface area contributed by atoms with Crippen molar-refractivity contribution in [2.75, 3.05) is 19.6 Å². The molecule has 0 spiro atoms. The first-order valence-corrected chi connectivity index (χ1v) is 6.89. The van der Waals surface area contributed by atoms with E-state index in [9.17, 15) is 9.18 Å². The Morgan fingerprint density at radius 2 is 2.33 bits per heavy atom. The molecule has 0 saturated carbocycles. The van der Waals surface area contributed by atoms with Gasteiger partial charge in [-0.05, 0) is 50.0 Å². The standard InChI is InChI=1S/C13H16BrFN2O/c14-11-5-10(6-12(15)7-11)13(18)17-4-2-9-1-3-16-8-9/h5-7,9,16H,1-4,8H2,(H,17,18). The van der Waals surface area contributed by atoms with Crippen LogP contribution < -0.4 is 10.6 Å². The highest BCUT2D eigenvalue weighted by Gasteiger charge is 2.14. The lowest BCUT2D eigenvalue weighted by Crippen LogP contribution is -2.26. The summed E-state index contributed by atoms with van der Waals surface area (Å²) in [6.07, 6.45) is 2.14. The smallest absolute Gasteiger partial charge is 0.251 e. The lowest BCUT2D eigenvalue weighted by Gasteiger charge is -2.09. The van der Waals surface area contributed by atoms with Crippen molar-refractivity contribution in [3.63, 3.8) is 0 Å². The van der Waals surface area contributed by atoms with Gasteiger partial charge in [0.2, 0.25) is 0 Å².